The SMILES string of the molecule is CCCNC(=O)C(C)Nc1nc2c(ncn2[C@@H]2O[C@H](COP(=O)(O)O)[C@@H](O)[C@H]2O)c(=O)[nH]1. The summed E-state index contributed by atoms with van der Waals surface area (Å²) in [5.74, 6) is -0.327. The molecule has 1 saturated heterocycles. The first-order valence-corrected chi connectivity index (χ1v) is 11.3. The van der Waals surface area contributed by atoms with Crippen molar-refractivity contribution in [3.63, 3.8) is 0 Å². The number of hydrogen-bond donors (Lipinski definition) is 7. The van der Waals surface area contributed by atoms with E-state index in [0.717, 1.165) is 6.42 Å². The molecule has 178 valence electrons. The topological polar surface area (TPSA) is 221 Å². The molecule has 0 radical (unpaired) electrons. The summed E-state index contributed by atoms with van der Waals surface area (Å²) < 4.78 is 21.9. The number of amides is 1. The van der Waals surface area contributed by atoms with E-state index < -0.39 is 50.6 Å². The number of H-pyrrole nitrogens is 1. The predicted molar refractivity (Wildman–Crippen MR) is 108 cm³/mol. The van der Waals surface area contributed by atoms with E-state index in [9.17, 15) is 24.4 Å². The molecule has 32 heavy (non-hydrogen) atoms. The summed E-state index contributed by atoms with van der Waals surface area (Å²) in [5.41, 5.74) is -0.712. The van der Waals surface area contributed by atoms with Crippen molar-refractivity contribution < 1.29 is 38.6 Å². The van der Waals surface area contributed by atoms with E-state index in [1.165, 1.54) is 10.9 Å². The molecular formula is C16H25N6O9P. The molecule has 16 heteroatoms. The van der Waals surface area contributed by atoms with Gasteiger partial charge in [0.1, 0.15) is 24.4 Å². The van der Waals surface area contributed by atoms with Gasteiger partial charge in [-0.1, -0.05) is 6.92 Å². The molecule has 5 atom stereocenters. The van der Waals surface area contributed by atoms with Crippen LogP contribution in [0.4, 0.5) is 5.95 Å². The number of aliphatic hydroxyl groups is 2. The summed E-state index contributed by atoms with van der Waals surface area (Å²) in [4.78, 5) is 52.8. The van der Waals surface area contributed by atoms with Gasteiger partial charge in [-0.3, -0.25) is 23.7 Å². The number of anilines is 1. The average molecular weight is 476 g/mol. The normalized spacial score (nSPS) is 24.6. The molecule has 2 aromatic rings. The van der Waals surface area contributed by atoms with Gasteiger partial charge in [-0.2, -0.15) is 4.98 Å². The van der Waals surface area contributed by atoms with Crippen molar-refractivity contribution in [1.82, 2.24) is 24.8 Å². The smallest absolute Gasteiger partial charge is 0.387 e. The molecule has 0 aliphatic carbocycles. The highest BCUT2D eigenvalue weighted by Gasteiger charge is 2.45. The number of hydrogen-bond acceptors (Lipinski definition) is 10. The summed E-state index contributed by atoms with van der Waals surface area (Å²) in [5, 5.41) is 26.0. The fraction of sp³-hybridized carbons (Fsp3) is 0.625. The molecule has 1 aliphatic heterocycles. The number of aromatic amines is 1. The molecule has 0 saturated carbocycles. The zero-order chi connectivity index (χ0) is 23.6. The van der Waals surface area contributed by atoms with E-state index in [1.807, 2.05) is 6.92 Å². The third-order valence-corrected chi connectivity index (χ3v) is 5.23. The van der Waals surface area contributed by atoms with Crippen LogP contribution in [0.2, 0.25) is 0 Å². The molecule has 0 spiro atoms. The second-order valence-corrected chi connectivity index (χ2v) is 8.47. The number of aromatic nitrogens is 4. The minimum atomic E-state index is -4.82. The van der Waals surface area contributed by atoms with Crippen molar-refractivity contribution in [2.45, 2.75) is 50.8 Å². The van der Waals surface area contributed by atoms with Gasteiger partial charge in [-0.05, 0) is 13.3 Å². The van der Waals surface area contributed by atoms with E-state index in [0.29, 0.717) is 6.54 Å². The van der Waals surface area contributed by atoms with Gasteiger partial charge in [0.05, 0.1) is 12.9 Å². The molecule has 1 fully saturated rings. The molecule has 7 N–H and O–H groups in total. The van der Waals surface area contributed by atoms with Crippen LogP contribution in [-0.4, -0.2) is 82.9 Å². The average Bonchev–Trinajstić information content (AvgIpc) is 3.25. The lowest BCUT2D eigenvalue weighted by atomic mass is 10.1. The monoisotopic (exact) mass is 476 g/mol. The van der Waals surface area contributed by atoms with Crippen LogP contribution < -0.4 is 16.2 Å². The maximum absolute atomic E-state index is 12.4. The first-order valence-electron chi connectivity index (χ1n) is 9.74. The zero-order valence-electron chi connectivity index (χ0n) is 17.2. The van der Waals surface area contributed by atoms with Gasteiger partial charge in [0, 0.05) is 6.54 Å². The molecular weight excluding hydrogens is 451 g/mol. The Morgan fingerprint density at radius 1 is 1.41 bits per heavy atom. The Morgan fingerprint density at radius 3 is 2.78 bits per heavy atom. The lowest BCUT2D eigenvalue weighted by molar-refractivity contribution is -0.121. The first kappa shape index (κ1) is 24.3. The molecule has 1 unspecified atom stereocenters. The van der Waals surface area contributed by atoms with Crippen molar-refractivity contribution in [3.05, 3.63) is 16.7 Å². The Morgan fingerprint density at radius 2 is 2.12 bits per heavy atom. The Hall–Kier alpha value is -2.39. The Bertz CT molecular complexity index is 1070. The number of phosphoric ester groups is 1. The fourth-order valence-electron chi connectivity index (χ4n) is 3.12. The summed E-state index contributed by atoms with van der Waals surface area (Å²) in [6.45, 7) is 3.30. The Labute approximate surface area is 181 Å². The Kier molecular flexibility index (Phi) is 7.29. The van der Waals surface area contributed by atoms with Crippen LogP contribution in [0.1, 0.15) is 26.5 Å². The Balaban J connectivity index is 1.84. The highest BCUT2D eigenvalue weighted by Crippen LogP contribution is 2.38. The number of carbonyl (C=O) groups excluding carboxylic acids is 1. The van der Waals surface area contributed by atoms with E-state index >= 15 is 0 Å². The summed E-state index contributed by atoms with van der Waals surface area (Å²) >= 11 is 0. The van der Waals surface area contributed by atoms with Crippen molar-refractivity contribution >= 4 is 30.8 Å². The minimum Gasteiger partial charge on any atom is -0.387 e. The quantitative estimate of drug-likeness (QED) is 0.199. The standard InChI is InChI=1S/C16H25N6O9P/c1-3-4-17-13(25)7(2)19-16-20-12-9(14(26)21-16)18-6-22(12)15-11(24)10(23)8(31-15)5-30-32(27,28)29/h6-8,10-11,15,23-24H,3-5H2,1-2H3,(H,17,25)(H2,27,28,29)(H2,19,20,21,26)/t7?,8-,10-,11-,15-/m1/s1. The fourth-order valence-corrected chi connectivity index (χ4v) is 3.46. The summed E-state index contributed by atoms with van der Waals surface area (Å²) in [7, 11) is -4.82. The van der Waals surface area contributed by atoms with E-state index in [2.05, 4.69) is 30.1 Å². The van der Waals surface area contributed by atoms with Gasteiger partial charge in [0.15, 0.2) is 17.4 Å². The predicted octanol–water partition coefficient (Wildman–Crippen LogP) is -1.83. The van der Waals surface area contributed by atoms with Crippen LogP contribution in [-0.2, 0) is 18.6 Å². The molecule has 3 rings (SSSR count). The number of phosphoric acid groups is 1. The third-order valence-electron chi connectivity index (χ3n) is 4.75. The van der Waals surface area contributed by atoms with E-state index in [4.69, 9.17) is 14.5 Å². The number of nitrogens with one attached hydrogen (secondary N) is 3. The van der Waals surface area contributed by atoms with Gasteiger partial charge in [-0.15, -0.1) is 0 Å². The number of nitrogens with zero attached hydrogens (tertiary/aromatic N) is 3. The number of carbonyl (C=O) groups is 1. The largest absolute Gasteiger partial charge is 0.469 e. The van der Waals surface area contributed by atoms with Gasteiger partial charge >= 0.3 is 7.82 Å². The lowest BCUT2D eigenvalue weighted by Crippen LogP contribution is -2.38. The third kappa shape index (κ3) is 5.32. The van der Waals surface area contributed by atoms with Crippen molar-refractivity contribution in [1.29, 1.82) is 0 Å². The molecule has 1 amide bonds. The van der Waals surface area contributed by atoms with Crippen molar-refractivity contribution in [3.8, 4) is 0 Å². The molecule has 3 heterocycles. The second-order valence-electron chi connectivity index (χ2n) is 7.23. The minimum absolute atomic E-state index is 0.00905. The van der Waals surface area contributed by atoms with Crippen LogP contribution in [0.5, 0.6) is 0 Å². The number of ether oxygens (including phenoxy) is 1. The second kappa shape index (κ2) is 9.62. The number of aliphatic hydroxyl groups excluding tert-OH is 2. The van der Waals surface area contributed by atoms with E-state index in [1.54, 1.807) is 6.92 Å². The molecule has 2 aromatic heterocycles. The zero-order valence-corrected chi connectivity index (χ0v) is 18.1. The highest BCUT2D eigenvalue weighted by atomic mass is 31.2. The molecule has 15 nitrogen and oxygen atoms in total. The van der Waals surface area contributed by atoms with Crippen LogP contribution in [0.25, 0.3) is 11.2 Å². The first-order chi connectivity index (χ1) is 15.0. The maximum Gasteiger partial charge on any atom is 0.469 e. The maximum atomic E-state index is 12.4. The number of imidazole rings is 1. The number of rotatable bonds is 9. The van der Waals surface area contributed by atoms with Crippen LogP contribution in [0.3, 0.4) is 0 Å². The van der Waals surface area contributed by atoms with E-state index in [-0.39, 0.29) is 23.0 Å². The van der Waals surface area contributed by atoms with Crippen LogP contribution in [0.15, 0.2) is 11.1 Å². The number of fused-ring (bicyclic) bond motifs is 1. The molecule has 1 aliphatic rings. The highest BCUT2D eigenvalue weighted by molar-refractivity contribution is 7.46. The van der Waals surface area contributed by atoms with Crippen molar-refractivity contribution in [2.24, 2.45) is 0 Å². The lowest BCUT2D eigenvalue weighted by Gasteiger charge is -2.17. The molecule has 0 bridgehead atoms. The van der Waals surface area contributed by atoms with Crippen molar-refractivity contribution in [2.75, 3.05) is 18.5 Å². The van der Waals surface area contributed by atoms with Crippen LogP contribution in [0, 0.1) is 0 Å². The van der Waals surface area contributed by atoms with Gasteiger partial charge < -0.3 is 35.4 Å². The van der Waals surface area contributed by atoms with Gasteiger partial charge in [0.2, 0.25) is 11.9 Å². The van der Waals surface area contributed by atoms with Crippen LogP contribution >= 0.6 is 7.82 Å². The summed E-state index contributed by atoms with van der Waals surface area (Å²) in [6, 6.07) is -0.720. The van der Waals surface area contributed by atoms with Gasteiger partial charge in [-0.25, -0.2) is 9.55 Å². The summed E-state index contributed by atoms with van der Waals surface area (Å²) in [6.07, 6.45) is -3.68. The molecule has 0 aromatic carbocycles. The van der Waals surface area contributed by atoms with Gasteiger partial charge in [0.25, 0.3) is 5.56 Å².